The van der Waals surface area contributed by atoms with Gasteiger partial charge in [0.1, 0.15) is 11.9 Å². The summed E-state index contributed by atoms with van der Waals surface area (Å²) in [5, 5.41) is 0. The van der Waals surface area contributed by atoms with E-state index in [9.17, 15) is 4.79 Å². The van der Waals surface area contributed by atoms with E-state index < -0.39 is 0 Å². The van der Waals surface area contributed by atoms with Gasteiger partial charge >= 0.3 is 0 Å². The number of hydrogen-bond acceptors (Lipinski definition) is 2. The Kier molecular flexibility index (Phi) is 3.09. The molecule has 0 amide bonds. The summed E-state index contributed by atoms with van der Waals surface area (Å²) in [7, 11) is 0. The number of rotatable bonds is 1. The monoisotopic (exact) mass is 266 g/mol. The van der Waals surface area contributed by atoms with E-state index in [1.165, 1.54) is 11.1 Å². The molecule has 0 N–H and O–H groups in total. The van der Waals surface area contributed by atoms with Crippen LogP contribution in [0.15, 0.2) is 36.4 Å². The maximum Gasteiger partial charge on any atom is 0.170 e. The Balaban J connectivity index is 2.03. The second kappa shape index (κ2) is 4.78. The molecule has 102 valence electrons. The Morgan fingerprint density at radius 2 is 1.90 bits per heavy atom. The number of ketones is 1. The SMILES string of the molecule is Cc1ccc2c(c1)O[C@H](c1cccc(C)c1C)CC2=O. The van der Waals surface area contributed by atoms with Crippen molar-refractivity contribution in [3.63, 3.8) is 0 Å². The fourth-order valence-corrected chi connectivity index (χ4v) is 2.73. The second-order valence-corrected chi connectivity index (χ2v) is 5.52. The van der Waals surface area contributed by atoms with E-state index >= 15 is 0 Å². The minimum absolute atomic E-state index is 0.164. The lowest BCUT2D eigenvalue weighted by molar-refractivity contribution is 0.0849. The third-order valence-electron chi connectivity index (χ3n) is 4.07. The van der Waals surface area contributed by atoms with Gasteiger partial charge < -0.3 is 4.74 Å². The molecule has 0 unspecified atom stereocenters. The van der Waals surface area contributed by atoms with Gasteiger partial charge in [-0.3, -0.25) is 4.79 Å². The fraction of sp³-hybridized carbons (Fsp3) is 0.278. The van der Waals surface area contributed by atoms with Crippen molar-refractivity contribution in [1.29, 1.82) is 0 Å². The molecule has 2 nitrogen and oxygen atoms in total. The van der Waals surface area contributed by atoms with Crippen LogP contribution >= 0.6 is 0 Å². The van der Waals surface area contributed by atoms with Crippen molar-refractivity contribution in [2.75, 3.05) is 0 Å². The molecule has 0 fully saturated rings. The normalized spacial score (nSPS) is 17.6. The van der Waals surface area contributed by atoms with E-state index in [-0.39, 0.29) is 11.9 Å². The topological polar surface area (TPSA) is 26.3 Å². The van der Waals surface area contributed by atoms with Crippen molar-refractivity contribution in [3.05, 3.63) is 64.2 Å². The first-order chi connectivity index (χ1) is 9.56. The molecule has 1 heterocycles. The number of Topliss-reactive ketones (excluding diaryl/α,β-unsaturated/α-hetero) is 1. The Morgan fingerprint density at radius 3 is 2.70 bits per heavy atom. The first kappa shape index (κ1) is 12.9. The lowest BCUT2D eigenvalue weighted by atomic mass is 9.92. The number of aryl methyl sites for hydroxylation is 2. The van der Waals surface area contributed by atoms with Crippen LogP contribution in [0, 0.1) is 20.8 Å². The zero-order chi connectivity index (χ0) is 14.3. The number of benzene rings is 2. The largest absolute Gasteiger partial charge is 0.484 e. The Hall–Kier alpha value is -2.09. The summed E-state index contributed by atoms with van der Waals surface area (Å²) in [5.74, 6) is 0.879. The molecule has 0 aromatic heterocycles. The van der Waals surface area contributed by atoms with Gasteiger partial charge in [0.25, 0.3) is 0 Å². The minimum atomic E-state index is -0.170. The smallest absolute Gasteiger partial charge is 0.170 e. The lowest BCUT2D eigenvalue weighted by Crippen LogP contribution is -2.21. The summed E-state index contributed by atoms with van der Waals surface area (Å²) in [4.78, 5) is 12.3. The molecule has 0 spiro atoms. The van der Waals surface area contributed by atoms with Crippen LogP contribution in [0.25, 0.3) is 0 Å². The van der Waals surface area contributed by atoms with Gasteiger partial charge in [0.2, 0.25) is 0 Å². The van der Waals surface area contributed by atoms with Crippen molar-refractivity contribution in [3.8, 4) is 5.75 Å². The van der Waals surface area contributed by atoms with Crippen molar-refractivity contribution in [2.45, 2.75) is 33.3 Å². The highest BCUT2D eigenvalue weighted by Gasteiger charge is 2.28. The van der Waals surface area contributed by atoms with Crippen LogP contribution < -0.4 is 4.74 Å². The Labute approximate surface area is 119 Å². The molecular formula is C18H18O2. The summed E-state index contributed by atoms with van der Waals surface area (Å²) in [6, 6.07) is 11.9. The number of ether oxygens (including phenoxy) is 1. The number of carbonyl (C=O) groups excluding carboxylic acids is 1. The maximum absolute atomic E-state index is 12.3. The van der Waals surface area contributed by atoms with Gasteiger partial charge in [-0.25, -0.2) is 0 Å². The van der Waals surface area contributed by atoms with Crippen molar-refractivity contribution in [2.24, 2.45) is 0 Å². The van der Waals surface area contributed by atoms with Crippen LogP contribution in [0.1, 0.15) is 45.1 Å². The van der Waals surface area contributed by atoms with Gasteiger partial charge in [-0.05, 0) is 55.2 Å². The van der Waals surface area contributed by atoms with Gasteiger partial charge in [0.05, 0.1) is 12.0 Å². The molecule has 1 aliphatic heterocycles. The van der Waals surface area contributed by atoms with Crippen molar-refractivity contribution in [1.82, 2.24) is 0 Å². The molecule has 20 heavy (non-hydrogen) atoms. The van der Waals surface area contributed by atoms with E-state index in [2.05, 4.69) is 26.0 Å². The second-order valence-electron chi connectivity index (χ2n) is 5.52. The van der Waals surface area contributed by atoms with Crippen LogP contribution in [-0.2, 0) is 0 Å². The van der Waals surface area contributed by atoms with Gasteiger partial charge in [0.15, 0.2) is 5.78 Å². The molecule has 2 heteroatoms. The van der Waals surface area contributed by atoms with Crippen LogP contribution in [0.5, 0.6) is 5.75 Å². The molecule has 0 aliphatic carbocycles. The summed E-state index contributed by atoms with van der Waals surface area (Å²) in [5.41, 5.74) is 5.37. The van der Waals surface area contributed by atoms with E-state index in [0.29, 0.717) is 17.7 Å². The van der Waals surface area contributed by atoms with Gasteiger partial charge in [0, 0.05) is 0 Å². The number of hydrogen-bond donors (Lipinski definition) is 0. The molecule has 0 bridgehead atoms. The minimum Gasteiger partial charge on any atom is -0.484 e. The highest BCUT2D eigenvalue weighted by atomic mass is 16.5. The quantitative estimate of drug-likeness (QED) is 0.768. The third-order valence-corrected chi connectivity index (χ3v) is 4.07. The van der Waals surface area contributed by atoms with E-state index in [0.717, 1.165) is 11.1 Å². The average Bonchev–Trinajstić information content (AvgIpc) is 2.41. The summed E-state index contributed by atoms with van der Waals surface area (Å²) in [6.07, 6.45) is 0.247. The predicted molar refractivity (Wildman–Crippen MR) is 79.4 cm³/mol. The van der Waals surface area contributed by atoms with Crippen molar-refractivity contribution < 1.29 is 9.53 Å². The van der Waals surface area contributed by atoms with Gasteiger partial charge in [-0.1, -0.05) is 24.3 Å². The van der Waals surface area contributed by atoms with Gasteiger partial charge in [-0.15, -0.1) is 0 Å². The van der Waals surface area contributed by atoms with Gasteiger partial charge in [-0.2, -0.15) is 0 Å². The summed E-state index contributed by atoms with van der Waals surface area (Å²) >= 11 is 0. The molecule has 0 saturated heterocycles. The molecular weight excluding hydrogens is 248 g/mol. The summed E-state index contributed by atoms with van der Waals surface area (Å²) in [6.45, 7) is 6.18. The molecule has 0 radical (unpaired) electrons. The zero-order valence-electron chi connectivity index (χ0n) is 12.1. The Bertz CT molecular complexity index is 686. The molecule has 0 saturated carbocycles. The highest BCUT2D eigenvalue weighted by molar-refractivity contribution is 6.00. The van der Waals surface area contributed by atoms with E-state index in [4.69, 9.17) is 4.74 Å². The first-order valence-corrected chi connectivity index (χ1v) is 6.93. The van der Waals surface area contributed by atoms with Crippen LogP contribution in [-0.4, -0.2) is 5.78 Å². The molecule has 1 aliphatic rings. The Morgan fingerprint density at radius 1 is 1.10 bits per heavy atom. The molecule has 2 aromatic carbocycles. The highest BCUT2D eigenvalue weighted by Crippen LogP contribution is 2.36. The fourth-order valence-electron chi connectivity index (χ4n) is 2.73. The van der Waals surface area contributed by atoms with E-state index in [1.54, 1.807) is 0 Å². The third kappa shape index (κ3) is 2.11. The molecule has 2 aromatic rings. The number of fused-ring (bicyclic) bond motifs is 1. The van der Waals surface area contributed by atoms with Crippen LogP contribution in [0.4, 0.5) is 0 Å². The average molecular weight is 266 g/mol. The standard InChI is InChI=1S/C18H18O2/c1-11-7-8-15-16(19)10-18(20-17(15)9-11)14-6-4-5-12(2)13(14)3/h4-9,18H,10H2,1-3H3/t18-/m0/s1. The van der Waals surface area contributed by atoms with Crippen LogP contribution in [0.3, 0.4) is 0 Å². The van der Waals surface area contributed by atoms with Crippen molar-refractivity contribution >= 4 is 5.78 Å². The maximum atomic E-state index is 12.3. The van der Waals surface area contributed by atoms with E-state index in [1.807, 2.05) is 31.2 Å². The number of carbonyl (C=O) groups is 1. The zero-order valence-corrected chi connectivity index (χ0v) is 12.1. The van der Waals surface area contributed by atoms with Crippen LogP contribution in [0.2, 0.25) is 0 Å². The first-order valence-electron chi connectivity index (χ1n) is 6.93. The summed E-state index contributed by atoms with van der Waals surface area (Å²) < 4.78 is 6.08. The molecule has 3 rings (SSSR count). The predicted octanol–water partition coefficient (Wildman–Crippen LogP) is 4.32. The molecule has 1 atom stereocenters. The lowest BCUT2D eigenvalue weighted by Gasteiger charge is -2.27.